The maximum Gasteiger partial charge on any atom is 0.294 e. The Balaban J connectivity index is 2.43. The zero-order valence-corrected chi connectivity index (χ0v) is 14.5. The van der Waals surface area contributed by atoms with Gasteiger partial charge in [-0.1, -0.05) is 37.4 Å². The highest BCUT2D eigenvalue weighted by atomic mass is 16.6. The van der Waals surface area contributed by atoms with Crippen LogP contribution in [0.15, 0.2) is 23.3 Å². The van der Waals surface area contributed by atoms with Crippen molar-refractivity contribution in [2.75, 3.05) is 11.6 Å². The Kier molecular flexibility index (Phi) is 6.51. The Labute approximate surface area is 150 Å². The van der Waals surface area contributed by atoms with E-state index in [4.69, 9.17) is 5.53 Å². The van der Waals surface area contributed by atoms with Gasteiger partial charge in [0.1, 0.15) is 5.69 Å². The third-order valence-electron chi connectivity index (χ3n) is 4.08. The van der Waals surface area contributed by atoms with Crippen molar-refractivity contribution in [2.24, 2.45) is 5.11 Å². The van der Waals surface area contributed by atoms with Gasteiger partial charge in [-0.2, -0.15) is 5.01 Å². The molecule has 1 saturated heterocycles. The summed E-state index contributed by atoms with van der Waals surface area (Å²) < 4.78 is 0. The SMILES string of the molecule is CCCCCCN(c1ccc(N=[N+]=[N-])cc1[N+](=O)[O-])N1C(=O)CCC1=O. The minimum absolute atomic E-state index is 0.0907. The van der Waals surface area contributed by atoms with Gasteiger partial charge in [0.05, 0.1) is 4.92 Å². The van der Waals surface area contributed by atoms with Crippen LogP contribution in [0.2, 0.25) is 0 Å². The van der Waals surface area contributed by atoms with Crippen molar-refractivity contribution in [3.63, 3.8) is 0 Å². The Morgan fingerprint density at radius 1 is 1.27 bits per heavy atom. The predicted molar refractivity (Wildman–Crippen MR) is 94.5 cm³/mol. The largest absolute Gasteiger partial charge is 0.294 e. The maximum atomic E-state index is 12.2. The number of rotatable bonds is 9. The van der Waals surface area contributed by atoms with Gasteiger partial charge in [0.2, 0.25) is 11.8 Å². The van der Waals surface area contributed by atoms with Gasteiger partial charge in [-0.05, 0) is 18.0 Å². The molecule has 1 fully saturated rings. The summed E-state index contributed by atoms with van der Waals surface area (Å²) in [5.74, 6) is -0.752. The minimum atomic E-state index is -0.615. The van der Waals surface area contributed by atoms with E-state index < -0.39 is 4.92 Å². The van der Waals surface area contributed by atoms with E-state index in [9.17, 15) is 19.7 Å². The number of azide groups is 1. The van der Waals surface area contributed by atoms with Crippen LogP contribution in [0.5, 0.6) is 0 Å². The molecule has 10 heteroatoms. The van der Waals surface area contributed by atoms with Crippen LogP contribution in [0.4, 0.5) is 17.1 Å². The molecule has 26 heavy (non-hydrogen) atoms. The van der Waals surface area contributed by atoms with E-state index in [-0.39, 0.29) is 41.7 Å². The van der Waals surface area contributed by atoms with Crippen molar-refractivity contribution < 1.29 is 14.5 Å². The fraction of sp³-hybridized carbons (Fsp3) is 0.500. The lowest BCUT2D eigenvalue weighted by atomic mass is 10.2. The highest BCUT2D eigenvalue weighted by Gasteiger charge is 2.36. The van der Waals surface area contributed by atoms with Crippen molar-refractivity contribution in [3.05, 3.63) is 38.8 Å². The Morgan fingerprint density at radius 2 is 1.96 bits per heavy atom. The molecule has 0 N–H and O–H groups in total. The van der Waals surface area contributed by atoms with Crippen molar-refractivity contribution >= 4 is 28.9 Å². The molecule has 0 aromatic heterocycles. The van der Waals surface area contributed by atoms with Crippen LogP contribution in [0.3, 0.4) is 0 Å². The zero-order chi connectivity index (χ0) is 19.1. The first-order chi connectivity index (χ1) is 12.5. The highest BCUT2D eigenvalue weighted by molar-refractivity contribution is 6.03. The van der Waals surface area contributed by atoms with Gasteiger partial charge in [-0.15, -0.1) is 0 Å². The smallest absolute Gasteiger partial charge is 0.273 e. The van der Waals surface area contributed by atoms with Crippen LogP contribution < -0.4 is 5.01 Å². The second kappa shape index (κ2) is 8.82. The number of nitro benzene ring substituents is 1. The average molecular weight is 360 g/mol. The molecular weight excluding hydrogens is 340 g/mol. The summed E-state index contributed by atoms with van der Waals surface area (Å²) >= 11 is 0. The normalized spacial score (nSPS) is 13.7. The number of carbonyl (C=O) groups is 2. The van der Waals surface area contributed by atoms with Gasteiger partial charge < -0.3 is 0 Å². The van der Waals surface area contributed by atoms with Crippen LogP contribution >= 0.6 is 0 Å². The van der Waals surface area contributed by atoms with Gasteiger partial charge in [-0.25, -0.2) is 0 Å². The van der Waals surface area contributed by atoms with Crippen molar-refractivity contribution in [1.82, 2.24) is 5.01 Å². The summed E-state index contributed by atoms with van der Waals surface area (Å²) in [6.45, 7) is 2.36. The minimum Gasteiger partial charge on any atom is -0.273 e. The number of nitrogens with zero attached hydrogens (tertiary/aromatic N) is 6. The molecule has 0 saturated carbocycles. The van der Waals surface area contributed by atoms with Crippen LogP contribution in [0.1, 0.15) is 45.4 Å². The molecule has 10 nitrogen and oxygen atoms in total. The fourth-order valence-corrected chi connectivity index (χ4v) is 2.84. The van der Waals surface area contributed by atoms with Crippen LogP contribution in [0, 0.1) is 10.1 Å². The number of carbonyl (C=O) groups excluding carboxylic acids is 2. The number of nitro groups is 1. The first-order valence-corrected chi connectivity index (χ1v) is 8.46. The fourth-order valence-electron chi connectivity index (χ4n) is 2.84. The van der Waals surface area contributed by atoms with Crippen molar-refractivity contribution in [1.29, 1.82) is 0 Å². The molecule has 1 heterocycles. The molecule has 0 spiro atoms. The molecule has 138 valence electrons. The molecule has 1 aliphatic heterocycles. The van der Waals surface area contributed by atoms with Gasteiger partial charge in [-0.3, -0.25) is 24.7 Å². The van der Waals surface area contributed by atoms with Gasteiger partial charge in [0, 0.05) is 36.1 Å². The third kappa shape index (κ3) is 4.28. The molecule has 0 aliphatic carbocycles. The number of unbranched alkanes of at least 4 members (excludes halogenated alkanes) is 3. The van der Waals surface area contributed by atoms with E-state index in [1.54, 1.807) is 0 Å². The third-order valence-corrected chi connectivity index (χ3v) is 4.08. The van der Waals surface area contributed by atoms with E-state index in [2.05, 4.69) is 16.9 Å². The van der Waals surface area contributed by atoms with E-state index in [0.29, 0.717) is 13.0 Å². The molecule has 0 atom stereocenters. The maximum absolute atomic E-state index is 12.2. The Morgan fingerprint density at radius 3 is 2.54 bits per heavy atom. The molecule has 2 rings (SSSR count). The Hall–Kier alpha value is -3.13. The second-order valence-corrected chi connectivity index (χ2v) is 5.90. The first-order valence-electron chi connectivity index (χ1n) is 8.46. The number of hydrogen-bond acceptors (Lipinski definition) is 6. The molecule has 0 radical (unpaired) electrons. The standard InChI is InChI=1S/C16H20N6O4/c1-2-3-4-5-10-20(21-15(23)8-9-16(21)24)13-7-6-12(18-19-17)11-14(13)22(25)26/h6-7,11H,2-5,8-10H2,1H3. The second-order valence-electron chi connectivity index (χ2n) is 5.90. The summed E-state index contributed by atoms with van der Waals surface area (Å²) in [6.07, 6.45) is 3.76. The average Bonchev–Trinajstić information content (AvgIpc) is 2.94. The van der Waals surface area contributed by atoms with Crippen molar-refractivity contribution in [3.8, 4) is 0 Å². The highest BCUT2D eigenvalue weighted by Crippen LogP contribution is 2.35. The van der Waals surface area contributed by atoms with Crippen molar-refractivity contribution in [2.45, 2.75) is 45.4 Å². The van der Waals surface area contributed by atoms with Gasteiger partial charge in [0.25, 0.3) is 5.69 Å². The number of benzene rings is 1. The molecule has 1 aromatic rings. The number of anilines is 1. The Bertz CT molecular complexity index is 743. The van der Waals surface area contributed by atoms with Crippen LogP contribution in [0.25, 0.3) is 10.4 Å². The first kappa shape index (κ1) is 19.2. The van der Waals surface area contributed by atoms with E-state index in [0.717, 1.165) is 30.3 Å². The molecular formula is C16H20N6O4. The number of hydrazine groups is 1. The van der Waals surface area contributed by atoms with Crippen LogP contribution in [-0.2, 0) is 9.59 Å². The topological polar surface area (TPSA) is 133 Å². The summed E-state index contributed by atoms with van der Waals surface area (Å²) in [5.41, 5.74) is 8.42. The lowest BCUT2D eigenvalue weighted by Crippen LogP contribution is -2.47. The van der Waals surface area contributed by atoms with Crippen LogP contribution in [-0.4, -0.2) is 28.3 Å². The number of hydrogen-bond donors (Lipinski definition) is 0. The lowest BCUT2D eigenvalue weighted by molar-refractivity contribution is -0.384. The summed E-state index contributed by atoms with van der Waals surface area (Å²) in [5, 5.41) is 17.2. The number of imide groups is 1. The number of amides is 2. The monoisotopic (exact) mass is 360 g/mol. The van der Waals surface area contributed by atoms with Gasteiger partial charge >= 0.3 is 0 Å². The predicted octanol–water partition coefficient (Wildman–Crippen LogP) is 3.99. The summed E-state index contributed by atoms with van der Waals surface area (Å²) in [7, 11) is 0. The summed E-state index contributed by atoms with van der Waals surface area (Å²) in [6, 6.07) is 3.96. The molecule has 0 bridgehead atoms. The van der Waals surface area contributed by atoms with Gasteiger partial charge in [0.15, 0.2) is 0 Å². The molecule has 0 unspecified atom stereocenters. The quantitative estimate of drug-likeness (QED) is 0.125. The van der Waals surface area contributed by atoms with E-state index in [1.165, 1.54) is 17.1 Å². The zero-order valence-electron chi connectivity index (χ0n) is 14.5. The van der Waals surface area contributed by atoms with E-state index >= 15 is 0 Å². The molecule has 2 amide bonds. The van der Waals surface area contributed by atoms with E-state index in [1.807, 2.05) is 0 Å². The molecule has 1 aromatic carbocycles. The lowest BCUT2D eigenvalue weighted by Gasteiger charge is -2.31. The summed E-state index contributed by atoms with van der Waals surface area (Å²) in [4.78, 5) is 37.8. The molecule has 1 aliphatic rings.